The lowest BCUT2D eigenvalue weighted by atomic mass is 10.1. The molecule has 24 heavy (non-hydrogen) atoms. The van der Waals surface area contributed by atoms with E-state index >= 15 is 0 Å². The molecule has 5 rings (SSSR count). The molecule has 2 aliphatic rings. The van der Waals surface area contributed by atoms with Crippen molar-refractivity contribution in [2.45, 2.75) is 31.7 Å². The third kappa shape index (κ3) is 2.62. The van der Waals surface area contributed by atoms with Crippen molar-refractivity contribution in [3.05, 3.63) is 48.8 Å². The van der Waals surface area contributed by atoms with Crippen LogP contribution in [0.3, 0.4) is 0 Å². The predicted molar refractivity (Wildman–Crippen MR) is 95.6 cm³/mol. The van der Waals surface area contributed by atoms with E-state index in [1.807, 2.05) is 24.4 Å². The van der Waals surface area contributed by atoms with Gasteiger partial charge in [0.15, 0.2) is 5.82 Å². The largest absolute Gasteiger partial charge is 0.366 e. The molecule has 0 bridgehead atoms. The van der Waals surface area contributed by atoms with Crippen LogP contribution in [-0.4, -0.2) is 21.0 Å². The second-order valence-electron chi connectivity index (χ2n) is 7.00. The highest BCUT2D eigenvalue weighted by Crippen LogP contribution is 2.46. The van der Waals surface area contributed by atoms with E-state index in [0.717, 1.165) is 39.9 Å². The number of pyridine rings is 1. The van der Waals surface area contributed by atoms with Crippen molar-refractivity contribution in [1.29, 1.82) is 0 Å². The van der Waals surface area contributed by atoms with Crippen molar-refractivity contribution in [2.75, 3.05) is 5.32 Å². The molecule has 0 unspecified atom stereocenters. The topological polar surface area (TPSA) is 50.7 Å². The van der Waals surface area contributed by atoms with Crippen molar-refractivity contribution in [1.82, 2.24) is 15.0 Å². The number of hydrogen-bond acceptors (Lipinski definition) is 4. The summed E-state index contributed by atoms with van der Waals surface area (Å²) in [6.45, 7) is 0. The average Bonchev–Trinajstić information content (AvgIpc) is 3.54. The normalized spacial score (nSPS) is 17.4. The van der Waals surface area contributed by atoms with E-state index in [1.165, 1.54) is 25.7 Å². The van der Waals surface area contributed by atoms with Crippen LogP contribution in [0.4, 0.5) is 5.82 Å². The van der Waals surface area contributed by atoms with Crippen LogP contribution in [0.2, 0.25) is 0 Å². The number of benzene rings is 1. The smallest absolute Gasteiger partial charge is 0.163 e. The van der Waals surface area contributed by atoms with E-state index in [2.05, 4.69) is 28.5 Å². The lowest BCUT2D eigenvalue weighted by Crippen LogP contribution is -2.25. The van der Waals surface area contributed by atoms with Crippen LogP contribution in [0.25, 0.3) is 22.3 Å². The van der Waals surface area contributed by atoms with Crippen molar-refractivity contribution in [3.8, 4) is 11.4 Å². The number of nitrogens with one attached hydrogen (secondary N) is 1. The number of rotatable bonds is 5. The van der Waals surface area contributed by atoms with Crippen molar-refractivity contribution >= 4 is 16.7 Å². The minimum atomic E-state index is 0.574. The van der Waals surface area contributed by atoms with Crippen LogP contribution in [0.15, 0.2) is 48.8 Å². The predicted octanol–water partition coefficient (Wildman–Crippen LogP) is 4.29. The monoisotopic (exact) mass is 316 g/mol. The maximum absolute atomic E-state index is 4.87. The molecule has 1 N–H and O–H groups in total. The molecule has 0 atom stereocenters. The lowest BCUT2D eigenvalue weighted by molar-refractivity contribution is 0.566. The molecular weight excluding hydrogens is 296 g/mol. The van der Waals surface area contributed by atoms with Crippen LogP contribution in [0.1, 0.15) is 25.7 Å². The Bertz CT molecular complexity index is 857. The Kier molecular flexibility index (Phi) is 3.21. The van der Waals surface area contributed by atoms with Gasteiger partial charge in [0.05, 0.1) is 5.52 Å². The molecule has 4 heteroatoms. The van der Waals surface area contributed by atoms with Gasteiger partial charge in [-0.3, -0.25) is 4.98 Å². The van der Waals surface area contributed by atoms with E-state index in [0.29, 0.717) is 6.04 Å². The van der Waals surface area contributed by atoms with Gasteiger partial charge in [0.25, 0.3) is 0 Å². The SMILES string of the molecule is c1cncc(-c2nc(NC(C3CC3)C3CC3)c3ccccc3n2)c1. The first-order valence-electron chi connectivity index (χ1n) is 8.82. The zero-order valence-electron chi connectivity index (χ0n) is 13.5. The van der Waals surface area contributed by atoms with Gasteiger partial charge in [0.1, 0.15) is 5.82 Å². The van der Waals surface area contributed by atoms with E-state index in [1.54, 1.807) is 6.20 Å². The minimum absolute atomic E-state index is 0.574. The zero-order chi connectivity index (χ0) is 15.9. The van der Waals surface area contributed by atoms with Crippen LogP contribution < -0.4 is 5.32 Å². The average molecular weight is 316 g/mol. The van der Waals surface area contributed by atoms with Crippen LogP contribution in [-0.2, 0) is 0 Å². The fourth-order valence-electron chi connectivity index (χ4n) is 3.50. The van der Waals surface area contributed by atoms with Gasteiger partial charge in [-0.05, 0) is 61.8 Å². The first-order chi connectivity index (χ1) is 11.9. The van der Waals surface area contributed by atoms with Gasteiger partial charge in [-0.2, -0.15) is 0 Å². The van der Waals surface area contributed by atoms with E-state index in [-0.39, 0.29) is 0 Å². The highest BCUT2D eigenvalue weighted by Gasteiger charge is 2.41. The molecule has 2 saturated carbocycles. The molecule has 2 heterocycles. The van der Waals surface area contributed by atoms with Crippen molar-refractivity contribution in [2.24, 2.45) is 11.8 Å². The summed E-state index contributed by atoms with van der Waals surface area (Å²) in [6.07, 6.45) is 9.02. The Balaban J connectivity index is 1.60. The van der Waals surface area contributed by atoms with Gasteiger partial charge in [-0.1, -0.05) is 12.1 Å². The molecule has 0 radical (unpaired) electrons. The molecule has 1 aromatic carbocycles. The standard InChI is InChI=1S/C20H20N4/c1-2-6-17-16(5-1)20(23-18(13-7-8-13)14-9-10-14)24-19(22-17)15-4-3-11-21-12-15/h1-6,11-14,18H,7-10H2,(H,22,23,24). The first kappa shape index (κ1) is 13.9. The summed E-state index contributed by atoms with van der Waals surface area (Å²) in [5.41, 5.74) is 1.94. The third-order valence-electron chi connectivity index (χ3n) is 5.09. The van der Waals surface area contributed by atoms with Crippen LogP contribution in [0, 0.1) is 11.8 Å². The molecule has 2 fully saturated rings. The maximum atomic E-state index is 4.87. The number of hydrogen-bond donors (Lipinski definition) is 1. The second-order valence-corrected chi connectivity index (χ2v) is 7.00. The summed E-state index contributed by atoms with van der Waals surface area (Å²) in [4.78, 5) is 13.8. The van der Waals surface area contributed by atoms with Gasteiger partial charge >= 0.3 is 0 Å². The number of para-hydroxylation sites is 1. The fraction of sp³-hybridized carbons (Fsp3) is 0.350. The number of anilines is 1. The van der Waals surface area contributed by atoms with E-state index in [4.69, 9.17) is 9.97 Å². The van der Waals surface area contributed by atoms with Gasteiger partial charge in [-0.15, -0.1) is 0 Å². The minimum Gasteiger partial charge on any atom is -0.366 e. The molecule has 2 aliphatic carbocycles. The molecule has 0 amide bonds. The fourth-order valence-corrected chi connectivity index (χ4v) is 3.50. The van der Waals surface area contributed by atoms with Gasteiger partial charge < -0.3 is 5.32 Å². The van der Waals surface area contributed by atoms with Crippen LogP contribution in [0.5, 0.6) is 0 Å². The number of fused-ring (bicyclic) bond motifs is 1. The molecule has 0 spiro atoms. The number of nitrogens with zero attached hydrogens (tertiary/aromatic N) is 3. The summed E-state index contributed by atoms with van der Waals surface area (Å²) in [7, 11) is 0. The summed E-state index contributed by atoms with van der Waals surface area (Å²) >= 11 is 0. The van der Waals surface area contributed by atoms with Gasteiger partial charge in [0, 0.05) is 29.4 Å². The van der Waals surface area contributed by atoms with Crippen LogP contribution >= 0.6 is 0 Å². The molecule has 2 aromatic heterocycles. The Labute approximate surface area is 141 Å². The van der Waals surface area contributed by atoms with E-state index in [9.17, 15) is 0 Å². The second kappa shape index (κ2) is 5.55. The highest BCUT2D eigenvalue weighted by molar-refractivity contribution is 5.90. The van der Waals surface area contributed by atoms with E-state index < -0.39 is 0 Å². The molecule has 4 nitrogen and oxygen atoms in total. The molecule has 0 aliphatic heterocycles. The summed E-state index contributed by atoms with van der Waals surface area (Å²) in [5.74, 6) is 3.37. The molecule has 0 saturated heterocycles. The first-order valence-corrected chi connectivity index (χ1v) is 8.82. The Hall–Kier alpha value is -2.49. The summed E-state index contributed by atoms with van der Waals surface area (Å²) in [5, 5.41) is 4.89. The number of aromatic nitrogens is 3. The zero-order valence-corrected chi connectivity index (χ0v) is 13.5. The summed E-state index contributed by atoms with van der Waals surface area (Å²) in [6, 6.07) is 12.8. The molecule has 120 valence electrons. The van der Waals surface area contributed by atoms with Gasteiger partial charge in [-0.25, -0.2) is 9.97 Å². The highest BCUT2D eigenvalue weighted by atomic mass is 15.1. The van der Waals surface area contributed by atoms with Crippen molar-refractivity contribution in [3.63, 3.8) is 0 Å². The molecular formula is C20H20N4. The lowest BCUT2D eigenvalue weighted by Gasteiger charge is -2.20. The van der Waals surface area contributed by atoms with Gasteiger partial charge in [0.2, 0.25) is 0 Å². The Morgan fingerprint density at radius 3 is 2.42 bits per heavy atom. The Morgan fingerprint density at radius 2 is 1.71 bits per heavy atom. The maximum Gasteiger partial charge on any atom is 0.163 e. The molecule has 3 aromatic rings. The Morgan fingerprint density at radius 1 is 0.917 bits per heavy atom. The quantitative estimate of drug-likeness (QED) is 0.763. The summed E-state index contributed by atoms with van der Waals surface area (Å²) < 4.78 is 0. The third-order valence-corrected chi connectivity index (χ3v) is 5.09. The van der Waals surface area contributed by atoms with Crippen molar-refractivity contribution < 1.29 is 0 Å².